The summed E-state index contributed by atoms with van der Waals surface area (Å²) >= 11 is 1.04. The SMILES string of the molecule is CC(C)(CNC(=O)c1cnsn1)N1CCOCC1. The molecule has 0 spiro atoms. The second kappa shape index (κ2) is 5.73. The second-order valence-electron chi connectivity index (χ2n) is 4.89. The molecule has 1 N–H and O–H groups in total. The van der Waals surface area contributed by atoms with Gasteiger partial charge in [-0.15, -0.1) is 0 Å². The number of morpholine rings is 1. The smallest absolute Gasteiger partial charge is 0.272 e. The Morgan fingerprint density at radius 3 is 2.89 bits per heavy atom. The highest BCUT2D eigenvalue weighted by Gasteiger charge is 2.28. The first kappa shape index (κ1) is 13.4. The molecule has 0 atom stereocenters. The van der Waals surface area contributed by atoms with E-state index in [1.807, 2.05) is 0 Å². The summed E-state index contributed by atoms with van der Waals surface area (Å²) in [4.78, 5) is 14.1. The van der Waals surface area contributed by atoms with Crippen molar-refractivity contribution in [1.29, 1.82) is 0 Å². The number of hydrogen-bond donors (Lipinski definition) is 1. The van der Waals surface area contributed by atoms with Gasteiger partial charge >= 0.3 is 0 Å². The van der Waals surface area contributed by atoms with Gasteiger partial charge < -0.3 is 10.1 Å². The van der Waals surface area contributed by atoms with E-state index in [9.17, 15) is 4.79 Å². The van der Waals surface area contributed by atoms with Crippen molar-refractivity contribution in [3.8, 4) is 0 Å². The van der Waals surface area contributed by atoms with E-state index in [2.05, 4.69) is 32.8 Å². The summed E-state index contributed by atoms with van der Waals surface area (Å²) in [5.74, 6) is -0.162. The van der Waals surface area contributed by atoms with Crippen LogP contribution in [0.25, 0.3) is 0 Å². The van der Waals surface area contributed by atoms with Crippen LogP contribution in [0.2, 0.25) is 0 Å². The summed E-state index contributed by atoms with van der Waals surface area (Å²) in [5, 5.41) is 2.91. The molecule has 2 rings (SSSR count). The van der Waals surface area contributed by atoms with Crippen LogP contribution in [-0.4, -0.2) is 57.9 Å². The number of hydrogen-bond acceptors (Lipinski definition) is 6. The minimum Gasteiger partial charge on any atom is -0.379 e. The lowest BCUT2D eigenvalue weighted by atomic mass is 10.0. The topological polar surface area (TPSA) is 67.4 Å². The van der Waals surface area contributed by atoms with E-state index in [-0.39, 0.29) is 11.4 Å². The molecule has 1 saturated heterocycles. The number of carbonyl (C=O) groups is 1. The van der Waals surface area contributed by atoms with Crippen molar-refractivity contribution in [1.82, 2.24) is 19.0 Å². The average molecular weight is 270 g/mol. The summed E-state index contributed by atoms with van der Waals surface area (Å²) in [6.07, 6.45) is 1.49. The molecule has 7 heteroatoms. The van der Waals surface area contributed by atoms with Crippen molar-refractivity contribution >= 4 is 17.6 Å². The van der Waals surface area contributed by atoms with Crippen molar-refractivity contribution in [2.45, 2.75) is 19.4 Å². The zero-order valence-corrected chi connectivity index (χ0v) is 11.5. The molecule has 1 aromatic rings. The molecule has 1 fully saturated rings. The van der Waals surface area contributed by atoms with Gasteiger partial charge in [0.05, 0.1) is 31.1 Å². The van der Waals surface area contributed by atoms with Crippen molar-refractivity contribution in [3.05, 3.63) is 11.9 Å². The predicted octanol–water partition coefficient (Wildman–Crippen LogP) is 0.379. The Morgan fingerprint density at radius 1 is 1.56 bits per heavy atom. The first-order valence-corrected chi connectivity index (χ1v) is 6.71. The Kier molecular flexibility index (Phi) is 4.26. The zero-order chi connectivity index (χ0) is 13.0. The van der Waals surface area contributed by atoms with Crippen LogP contribution in [0, 0.1) is 0 Å². The molecule has 0 unspecified atom stereocenters. The monoisotopic (exact) mass is 270 g/mol. The highest BCUT2D eigenvalue weighted by molar-refractivity contribution is 6.99. The molecule has 2 heterocycles. The standard InChI is InChI=1S/C11H18N4O2S/c1-11(2,15-3-5-17-6-4-15)8-12-10(16)9-7-13-18-14-9/h7H,3-6,8H2,1-2H3,(H,12,16). The molecule has 6 nitrogen and oxygen atoms in total. The predicted molar refractivity (Wildman–Crippen MR) is 68.7 cm³/mol. The quantitative estimate of drug-likeness (QED) is 0.856. The molecule has 1 amide bonds. The van der Waals surface area contributed by atoms with Gasteiger partial charge in [-0.2, -0.15) is 8.75 Å². The van der Waals surface area contributed by atoms with E-state index < -0.39 is 0 Å². The molecule has 1 aromatic heterocycles. The molecule has 0 aromatic carbocycles. The third-order valence-corrected chi connectivity index (χ3v) is 3.62. The molecular formula is C11H18N4O2S. The summed E-state index contributed by atoms with van der Waals surface area (Å²) < 4.78 is 13.1. The van der Waals surface area contributed by atoms with Gasteiger partial charge in [0, 0.05) is 25.2 Å². The van der Waals surface area contributed by atoms with E-state index in [1.165, 1.54) is 6.20 Å². The van der Waals surface area contributed by atoms with Crippen molar-refractivity contribution in [2.75, 3.05) is 32.8 Å². The number of rotatable bonds is 4. The van der Waals surface area contributed by atoms with Crippen LogP contribution in [0.5, 0.6) is 0 Å². The first-order chi connectivity index (χ1) is 8.59. The van der Waals surface area contributed by atoms with Crippen LogP contribution in [0.15, 0.2) is 6.20 Å². The van der Waals surface area contributed by atoms with Gasteiger partial charge in [0.25, 0.3) is 5.91 Å². The fourth-order valence-electron chi connectivity index (χ4n) is 1.93. The molecule has 0 aliphatic carbocycles. The summed E-state index contributed by atoms with van der Waals surface area (Å²) in [6, 6.07) is 0. The van der Waals surface area contributed by atoms with E-state index in [0.29, 0.717) is 12.2 Å². The largest absolute Gasteiger partial charge is 0.379 e. The highest BCUT2D eigenvalue weighted by Crippen LogP contribution is 2.15. The number of ether oxygens (including phenoxy) is 1. The minimum absolute atomic E-state index is 0.0805. The lowest BCUT2D eigenvalue weighted by molar-refractivity contribution is -0.00924. The lowest BCUT2D eigenvalue weighted by Gasteiger charge is -2.40. The molecular weight excluding hydrogens is 252 g/mol. The van der Waals surface area contributed by atoms with Crippen LogP contribution in [0.4, 0.5) is 0 Å². The van der Waals surface area contributed by atoms with Gasteiger partial charge in [-0.05, 0) is 13.8 Å². The second-order valence-corrected chi connectivity index (χ2v) is 5.44. The Morgan fingerprint density at radius 2 is 2.28 bits per heavy atom. The van der Waals surface area contributed by atoms with Crippen LogP contribution in [-0.2, 0) is 4.74 Å². The summed E-state index contributed by atoms with van der Waals surface area (Å²) in [5.41, 5.74) is 0.306. The van der Waals surface area contributed by atoms with Crippen LogP contribution in [0.3, 0.4) is 0 Å². The molecule has 0 saturated carbocycles. The van der Waals surface area contributed by atoms with Gasteiger partial charge in [0.2, 0.25) is 0 Å². The molecule has 1 aliphatic heterocycles. The van der Waals surface area contributed by atoms with Gasteiger partial charge in [0.1, 0.15) is 0 Å². The van der Waals surface area contributed by atoms with Crippen LogP contribution < -0.4 is 5.32 Å². The Labute approximate surface area is 111 Å². The average Bonchev–Trinajstić information content (AvgIpc) is 2.91. The maximum absolute atomic E-state index is 11.8. The summed E-state index contributed by atoms with van der Waals surface area (Å²) in [7, 11) is 0. The van der Waals surface area contributed by atoms with E-state index in [4.69, 9.17) is 4.74 Å². The molecule has 0 bridgehead atoms. The Balaban J connectivity index is 1.86. The van der Waals surface area contributed by atoms with Crippen molar-refractivity contribution < 1.29 is 9.53 Å². The molecule has 18 heavy (non-hydrogen) atoms. The maximum atomic E-state index is 11.8. The first-order valence-electron chi connectivity index (χ1n) is 5.98. The Bertz CT molecular complexity index is 388. The number of aromatic nitrogens is 2. The van der Waals surface area contributed by atoms with E-state index in [1.54, 1.807) is 0 Å². The van der Waals surface area contributed by atoms with Gasteiger partial charge in [-0.3, -0.25) is 9.69 Å². The fraction of sp³-hybridized carbons (Fsp3) is 0.727. The molecule has 100 valence electrons. The van der Waals surface area contributed by atoms with Gasteiger partial charge in [-0.1, -0.05) is 0 Å². The highest BCUT2D eigenvalue weighted by atomic mass is 32.1. The van der Waals surface area contributed by atoms with E-state index in [0.717, 1.165) is 38.0 Å². The third-order valence-electron chi connectivity index (χ3n) is 3.14. The van der Waals surface area contributed by atoms with Gasteiger partial charge in [0.15, 0.2) is 5.69 Å². The van der Waals surface area contributed by atoms with Crippen molar-refractivity contribution in [3.63, 3.8) is 0 Å². The van der Waals surface area contributed by atoms with Gasteiger partial charge in [-0.25, -0.2) is 0 Å². The number of carbonyl (C=O) groups excluding carboxylic acids is 1. The summed E-state index contributed by atoms with van der Waals surface area (Å²) in [6.45, 7) is 8.15. The van der Waals surface area contributed by atoms with Crippen LogP contribution >= 0.6 is 11.7 Å². The van der Waals surface area contributed by atoms with Crippen LogP contribution in [0.1, 0.15) is 24.3 Å². The minimum atomic E-state index is -0.162. The van der Waals surface area contributed by atoms with Crippen molar-refractivity contribution in [2.24, 2.45) is 0 Å². The zero-order valence-electron chi connectivity index (χ0n) is 10.7. The number of amides is 1. The molecule has 1 aliphatic rings. The number of nitrogens with one attached hydrogen (secondary N) is 1. The normalized spacial score (nSPS) is 17.7. The maximum Gasteiger partial charge on any atom is 0.272 e. The fourth-order valence-corrected chi connectivity index (χ4v) is 2.34. The molecule has 0 radical (unpaired) electrons. The lowest BCUT2D eigenvalue weighted by Crippen LogP contribution is -2.55. The third kappa shape index (κ3) is 3.24. The number of nitrogens with zero attached hydrogens (tertiary/aromatic N) is 3. The Hall–Kier alpha value is -1.05. The van der Waals surface area contributed by atoms with E-state index >= 15 is 0 Å².